The third-order valence-corrected chi connectivity index (χ3v) is 5.11. The van der Waals surface area contributed by atoms with E-state index in [1.54, 1.807) is 26.4 Å². The number of likely N-dealkylation sites (N-methyl/N-ethyl adjacent to an activating group) is 2. The first-order chi connectivity index (χ1) is 16.5. The van der Waals surface area contributed by atoms with Crippen LogP contribution in [0.3, 0.4) is 0 Å². The highest BCUT2D eigenvalue weighted by atomic mass is 17.2. The standard InChI is InChI=1S/C24H34N4O6/c1-5-27(13-15-31-3)17-19-9-7-11-21(25-19)23(29)33-34-24(30)22-12-8-10-20(26-22)18-28(6-2)14-16-32-4/h7-12H,5-6,13-18H2,1-4H3. The van der Waals surface area contributed by atoms with E-state index < -0.39 is 11.9 Å². The predicted molar refractivity (Wildman–Crippen MR) is 125 cm³/mol. The maximum Gasteiger partial charge on any atom is 0.404 e. The first-order valence-electron chi connectivity index (χ1n) is 11.3. The topological polar surface area (TPSA) is 103 Å². The molecular weight excluding hydrogens is 440 g/mol. The van der Waals surface area contributed by atoms with Crippen molar-refractivity contribution in [2.24, 2.45) is 0 Å². The number of pyridine rings is 2. The molecule has 0 aliphatic rings. The van der Waals surface area contributed by atoms with E-state index in [-0.39, 0.29) is 11.4 Å². The number of carbonyl (C=O) groups excluding carboxylic acids is 2. The first-order valence-corrected chi connectivity index (χ1v) is 11.3. The summed E-state index contributed by atoms with van der Waals surface area (Å²) in [5, 5.41) is 0. The van der Waals surface area contributed by atoms with Crippen LogP contribution in [0.1, 0.15) is 46.2 Å². The zero-order valence-electron chi connectivity index (χ0n) is 20.4. The van der Waals surface area contributed by atoms with Gasteiger partial charge in [0.15, 0.2) is 11.4 Å². The third kappa shape index (κ3) is 9.14. The Bertz CT molecular complexity index is 837. The van der Waals surface area contributed by atoms with Crippen LogP contribution in [0, 0.1) is 0 Å². The molecule has 0 N–H and O–H groups in total. The van der Waals surface area contributed by atoms with Gasteiger partial charge in [-0.2, -0.15) is 0 Å². The number of ether oxygens (including phenoxy) is 2. The summed E-state index contributed by atoms with van der Waals surface area (Å²) in [6.45, 7) is 9.50. The summed E-state index contributed by atoms with van der Waals surface area (Å²) in [4.78, 5) is 47.1. The van der Waals surface area contributed by atoms with Gasteiger partial charge in [0.2, 0.25) is 0 Å². The molecule has 10 nitrogen and oxygen atoms in total. The van der Waals surface area contributed by atoms with E-state index in [4.69, 9.17) is 19.2 Å². The lowest BCUT2D eigenvalue weighted by Gasteiger charge is -2.19. The first kappa shape index (κ1) is 27.3. The molecule has 0 amide bonds. The summed E-state index contributed by atoms with van der Waals surface area (Å²) in [5.41, 5.74) is 1.49. The molecular formula is C24H34N4O6. The molecule has 2 heterocycles. The Morgan fingerprint density at radius 1 is 0.735 bits per heavy atom. The van der Waals surface area contributed by atoms with Gasteiger partial charge >= 0.3 is 11.9 Å². The minimum atomic E-state index is -0.858. The van der Waals surface area contributed by atoms with E-state index in [9.17, 15) is 9.59 Å². The molecule has 0 fully saturated rings. The van der Waals surface area contributed by atoms with Crippen LogP contribution in [-0.2, 0) is 32.3 Å². The van der Waals surface area contributed by atoms with Crippen LogP contribution >= 0.6 is 0 Å². The normalized spacial score (nSPS) is 11.1. The van der Waals surface area contributed by atoms with Crippen molar-refractivity contribution in [3.8, 4) is 0 Å². The second-order valence-electron chi connectivity index (χ2n) is 7.49. The Hall–Kier alpha value is -2.92. The summed E-state index contributed by atoms with van der Waals surface area (Å²) >= 11 is 0. The van der Waals surface area contributed by atoms with E-state index >= 15 is 0 Å². The molecule has 0 spiro atoms. The molecule has 0 saturated carbocycles. The van der Waals surface area contributed by atoms with Gasteiger partial charge in [0.05, 0.1) is 24.6 Å². The fraction of sp³-hybridized carbons (Fsp3) is 0.500. The maximum atomic E-state index is 12.4. The molecule has 0 aliphatic heterocycles. The summed E-state index contributed by atoms with van der Waals surface area (Å²) < 4.78 is 10.2. The van der Waals surface area contributed by atoms with Crippen LogP contribution in [0.2, 0.25) is 0 Å². The molecule has 2 aromatic rings. The zero-order valence-corrected chi connectivity index (χ0v) is 20.4. The SMILES string of the molecule is CCN(CCOC)Cc1cccc(C(=O)OOC(=O)c2cccc(CN(CC)CCOC)n2)n1. The van der Waals surface area contributed by atoms with E-state index in [1.165, 1.54) is 12.1 Å². The number of hydrogen-bond acceptors (Lipinski definition) is 10. The molecule has 0 atom stereocenters. The van der Waals surface area contributed by atoms with Crippen LogP contribution in [0.25, 0.3) is 0 Å². The van der Waals surface area contributed by atoms with Gasteiger partial charge in [0, 0.05) is 40.4 Å². The molecule has 0 aromatic carbocycles. The molecule has 0 unspecified atom stereocenters. The second-order valence-corrected chi connectivity index (χ2v) is 7.49. The predicted octanol–water partition coefficient (Wildman–Crippen LogP) is 2.34. The Morgan fingerprint density at radius 2 is 1.15 bits per heavy atom. The van der Waals surface area contributed by atoms with Crippen molar-refractivity contribution >= 4 is 11.9 Å². The quantitative estimate of drug-likeness (QED) is 0.299. The monoisotopic (exact) mass is 474 g/mol. The number of aromatic nitrogens is 2. The van der Waals surface area contributed by atoms with Crippen molar-refractivity contribution in [3.05, 3.63) is 59.2 Å². The number of nitrogens with zero attached hydrogens (tertiary/aromatic N) is 4. The molecule has 34 heavy (non-hydrogen) atoms. The average Bonchev–Trinajstić information content (AvgIpc) is 2.87. The minimum Gasteiger partial charge on any atom is -0.383 e. The van der Waals surface area contributed by atoms with E-state index in [0.29, 0.717) is 37.7 Å². The van der Waals surface area contributed by atoms with Gasteiger partial charge in [-0.15, -0.1) is 0 Å². The molecule has 0 saturated heterocycles. The molecule has 2 aromatic heterocycles. The van der Waals surface area contributed by atoms with Crippen LogP contribution in [0.4, 0.5) is 0 Å². The second kappa shape index (κ2) is 15.1. The van der Waals surface area contributed by atoms with Gasteiger partial charge in [-0.05, 0) is 37.4 Å². The molecule has 0 aliphatic carbocycles. The Labute approximate surface area is 200 Å². The number of rotatable bonds is 14. The fourth-order valence-electron chi connectivity index (χ4n) is 3.12. The highest BCUT2D eigenvalue weighted by Crippen LogP contribution is 2.08. The molecule has 186 valence electrons. The lowest BCUT2D eigenvalue weighted by molar-refractivity contribution is -0.188. The minimum absolute atomic E-state index is 0.0477. The Balaban J connectivity index is 1.94. The Morgan fingerprint density at radius 3 is 1.50 bits per heavy atom. The van der Waals surface area contributed by atoms with Gasteiger partial charge < -0.3 is 9.47 Å². The van der Waals surface area contributed by atoms with Gasteiger partial charge in [0.1, 0.15) is 0 Å². The van der Waals surface area contributed by atoms with Crippen LogP contribution in [0.5, 0.6) is 0 Å². The number of hydrogen-bond donors (Lipinski definition) is 0. The van der Waals surface area contributed by atoms with Gasteiger partial charge in [-0.1, -0.05) is 26.0 Å². The van der Waals surface area contributed by atoms with Crippen LogP contribution < -0.4 is 0 Å². The van der Waals surface area contributed by atoms with Crippen molar-refractivity contribution in [2.45, 2.75) is 26.9 Å². The maximum absolute atomic E-state index is 12.4. The van der Waals surface area contributed by atoms with Gasteiger partial charge in [0.25, 0.3) is 0 Å². The molecule has 0 bridgehead atoms. The van der Waals surface area contributed by atoms with E-state index in [1.807, 2.05) is 26.0 Å². The largest absolute Gasteiger partial charge is 0.404 e. The smallest absolute Gasteiger partial charge is 0.383 e. The zero-order chi connectivity index (χ0) is 24.8. The lowest BCUT2D eigenvalue weighted by Crippen LogP contribution is -2.27. The third-order valence-electron chi connectivity index (χ3n) is 5.11. The molecule has 2 rings (SSSR count). The average molecular weight is 475 g/mol. The van der Waals surface area contributed by atoms with Crippen LogP contribution in [-0.4, -0.2) is 85.3 Å². The fourth-order valence-corrected chi connectivity index (χ4v) is 3.12. The van der Waals surface area contributed by atoms with Crippen molar-refractivity contribution in [3.63, 3.8) is 0 Å². The van der Waals surface area contributed by atoms with Crippen molar-refractivity contribution in [2.75, 3.05) is 53.6 Å². The molecule has 0 radical (unpaired) electrons. The summed E-state index contributed by atoms with van der Waals surface area (Å²) in [6, 6.07) is 10.1. The number of methoxy groups -OCH3 is 2. The lowest BCUT2D eigenvalue weighted by atomic mass is 10.3. The Kier molecular flexibility index (Phi) is 12.1. The van der Waals surface area contributed by atoms with E-state index in [0.717, 1.165) is 26.2 Å². The van der Waals surface area contributed by atoms with Gasteiger partial charge in [-0.3, -0.25) is 9.80 Å². The highest BCUT2D eigenvalue weighted by molar-refractivity contribution is 5.90. The summed E-state index contributed by atoms with van der Waals surface area (Å²) in [7, 11) is 3.30. The number of carbonyl (C=O) groups is 2. The van der Waals surface area contributed by atoms with E-state index in [2.05, 4.69) is 19.8 Å². The van der Waals surface area contributed by atoms with Gasteiger partial charge in [-0.25, -0.2) is 29.3 Å². The van der Waals surface area contributed by atoms with Crippen LogP contribution in [0.15, 0.2) is 36.4 Å². The van der Waals surface area contributed by atoms with Crippen molar-refractivity contribution < 1.29 is 28.8 Å². The summed E-state index contributed by atoms with van der Waals surface area (Å²) in [5.74, 6) is -1.72. The molecule has 10 heteroatoms. The van der Waals surface area contributed by atoms with Crippen molar-refractivity contribution in [1.82, 2.24) is 19.8 Å². The highest BCUT2D eigenvalue weighted by Gasteiger charge is 2.18. The van der Waals surface area contributed by atoms with Crippen molar-refractivity contribution in [1.29, 1.82) is 0 Å². The summed E-state index contributed by atoms with van der Waals surface area (Å²) in [6.07, 6.45) is 0.